The first-order valence-electron chi connectivity index (χ1n) is 6.77. The van der Waals surface area contributed by atoms with Crippen LogP contribution in [0.25, 0.3) is 0 Å². The third-order valence-electron chi connectivity index (χ3n) is 3.37. The van der Waals surface area contributed by atoms with Crippen LogP contribution >= 0.6 is 0 Å². The Balaban J connectivity index is 2.08. The molecule has 3 rings (SSSR count). The lowest BCUT2D eigenvalue weighted by molar-refractivity contribution is -0.138. The third-order valence-corrected chi connectivity index (χ3v) is 3.37. The second-order valence-corrected chi connectivity index (χ2v) is 4.76. The number of rotatable bonds is 4. The Bertz CT molecular complexity index is 735. The van der Waals surface area contributed by atoms with E-state index in [9.17, 15) is 4.79 Å². The normalized spacial score (nSPS) is 16.7. The molecule has 2 aromatic heterocycles. The van der Waals surface area contributed by atoms with Crippen molar-refractivity contribution in [3.63, 3.8) is 0 Å². The highest BCUT2D eigenvalue weighted by atomic mass is 16.5. The van der Waals surface area contributed by atoms with Gasteiger partial charge in [-0.2, -0.15) is 10.1 Å². The molecular weight excluding hydrogens is 282 g/mol. The molecule has 112 valence electrons. The number of aromatic nitrogens is 4. The van der Waals surface area contributed by atoms with Crippen molar-refractivity contribution in [2.45, 2.75) is 13.0 Å². The molecule has 22 heavy (non-hydrogen) atoms. The molecule has 0 amide bonds. The zero-order valence-electron chi connectivity index (χ0n) is 12.1. The van der Waals surface area contributed by atoms with Gasteiger partial charge < -0.3 is 10.1 Å². The summed E-state index contributed by atoms with van der Waals surface area (Å²) >= 11 is 0. The van der Waals surface area contributed by atoms with Crippen LogP contribution in [0.1, 0.15) is 18.5 Å². The Morgan fingerprint density at radius 1 is 1.50 bits per heavy atom. The number of allylic oxidation sites excluding steroid dienone is 1. The number of anilines is 1. The average Bonchev–Trinajstić information content (AvgIpc) is 2.99. The number of carbonyl (C=O) groups excluding carboxylic acids is 1. The molecule has 3 heterocycles. The van der Waals surface area contributed by atoms with Gasteiger partial charge in [0.25, 0.3) is 0 Å². The predicted molar refractivity (Wildman–Crippen MR) is 79.9 cm³/mol. The molecule has 0 radical (unpaired) electrons. The maximum absolute atomic E-state index is 12.4. The van der Waals surface area contributed by atoms with Crippen LogP contribution in [0, 0.1) is 0 Å². The molecule has 0 unspecified atom stereocenters. The summed E-state index contributed by atoms with van der Waals surface area (Å²) in [4.78, 5) is 20.6. The zero-order chi connectivity index (χ0) is 15.5. The molecule has 7 nitrogen and oxygen atoms in total. The fourth-order valence-corrected chi connectivity index (χ4v) is 2.42. The summed E-state index contributed by atoms with van der Waals surface area (Å²) in [6.07, 6.45) is 6.33. The summed E-state index contributed by atoms with van der Waals surface area (Å²) in [7, 11) is 0. The fraction of sp³-hybridized carbons (Fsp3) is 0.200. The number of fused-ring (bicyclic) bond motifs is 1. The monoisotopic (exact) mass is 297 g/mol. The zero-order valence-corrected chi connectivity index (χ0v) is 12.1. The third kappa shape index (κ3) is 2.37. The summed E-state index contributed by atoms with van der Waals surface area (Å²) in [5.74, 6) is 0.174. The van der Waals surface area contributed by atoms with E-state index in [0.717, 1.165) is 5.56 Å². The van der Waals surface area contributed by atoms with E-state index in [1.807, 2.05) is 19.1 Å². The van der Waals surface area contributed by atoms with Gasteiger partial charge in [0.2, 0.25) is 5.95 Å². The molecule has 0 aliphatic carbocycles. The van der Waals surface area contributed by atoms with Crippen molar-refractivity contribution in [2.24, 2.45) is 0 Å². The van der Waals surface area contributed by atoms with Crippen molar-refractivity contribution in [3.05, 3.63) is 60.3 Å². The van der Waals surface area contributed by atoms with Crippen molar-refractivity contribution >= 4 is 11.9 Å². The van der Waals surface area contributed by atoms with Crippen LogP contribution in [-0.4, -0.2) is 32.3 Å². The Morgan fingerprint density at radius 2 is 2.27 bits per heavy atom. The highest BCUT2D eigenvalue weighted by Crippen LogP contribution is 2.34. The molecule has 0 aromatic carbocycles. The number of nitrogens with zero attached hydrogens (tertiary/aromatic N) is 4. The van der Waals surface area contributed by atoms with Crippen molar-refractivity contribution < 1.29 is 9.53 Å². The number of nitrogens with one attached hydrogen (secondary N) is 1. The molecule has 7 heteroatoms. The largest absolute Gasteiger partial charge is 0.458 e. The molecule has 0 saturated carbocycles. The fourth-order valence-electron chi connectivity index (χ4n) is 2.42. The van der Waals surface area contributed by atoms with Crippen LogP contribution in [0.2, 0.25) is 0 Å². The van der Waals surface area contributed by atoms with Crippen LogP contribution in [0.3, 0.4) is 0 Å². The molecule has 1 atom stereocenters. The maximum Gasteiger partial charge on any atom is 0.338 e. The standard InChI is InChI=1S/C15H15N5O2/c1-3-8-22-14(21)12-10(2)19-15-17-9-18-20(15)13(12)11-4-6-16-7-5-11/h3-7,9,13H,1,8H2,2H3,(H,17,18,19)/t13-/m1/s1. The van der Waals surface area contributed by atoms with E-state index < -0.39 is 12.0 Å². The van der Waals surface area contributed by atoms with Crippen LogP contribution < -0.4 is 5.32 Å². The molecule has 0 fully saturated rings. The van der Waals surface area contributed by atoms with Crippen LogP contribution in [-0.2, 0) is 9.53 Å². The smallest absolute Gasteiger partial charge is 0.338 e. The van der Waals surface area contributed by atoms with Gasteiger partial charge in [-0.1, -0.05) is 12.7 Å². The molecule has 1 N–H and O–H groups in total. The van der Waals surface area contributed by atoms with E-state index >= 15 is 0 Å². The number of pyridine rings is 1. The quantitative estimate of drug-likeness (QED) is 0.683. The lowest BCUT2D eigenvalue weighted by atomic mass is 9.97. The molecule has 1 aliphatic rings. The first-order valence-corrected chi connectivity index (χ1v) is 6.77. The van der Waals surface area contributed by atoms with E-state index in [4.69, 9.17) is 4.74 Å². The van der Waals surface area contributed by atoms with Crippen molar-refractivity contribution in [2.75, 3.05) is 11.9 Å². The Morgan fingerprint density at radius 3 is 3.00 bits per heavy atom. The van der Waals surface area contributed by atoms with Crippen LogP contribution in [0.15, 0.2) is 54.8 Å². The Hall–Kier alpha value is -2.96. The van der Waals surface area contributed by atoms with Gasteiger partial charge in [0.15, 0.2) is 0 Å². The first kappa shape index (κ1) is 14.0. The summed E-state index contributed by atoms with van der Waals surface area (Å²) in [5.41, 5.74) is 2.07. The summed E-state index contributed by atoms with van der Waals surface area (Å²) in [6, 6.07) is 3.28. The van der Waals surface area contributed by atoms with Gasteiger partial charge in [0.05, 0.1) is 5.57 Å². The number of ether oxygens (including phenoxy) is 1. The van der Waals surface area contributed by atoms with Gasteiger partial charge in [-0.25, -0.2) is 9.48 Å². The minimum absolute atomic E-state index is 0.156. The van der Waals surface area contributed by atoms with Crippen molar-refractivity contribution in [3.8, 4) is 0 Å². The Kier molecular flexibility index (Phi) is 3.69. The minimum Gasteiger partial charge on any atom is -0.458 e. The van der Waals surface area contributed by atoms with E-state index in [1.165, 1.54) is 12.4 Å². The van der Waals surface area contributed by atoms with E-state index in [0.29, 0.717) is 17.2 Å². The van der Waals surface area contributed by atoms with E-state index in [1.54, 1.807) is 17.1 Å². The SMILES string of the molecule is C=CCOC(=O)C1=C(C)Nc2ncnn2[C@@H]1c1ccncc1. The lowest BCUT2D eigenvalue weighted by Crippen LogP contribution is -2.29. The van der Waals surface area contributed by atoms with Crippen LogP contribution in [0.5, 0.6) is 0 Å². The van der Waals surface area contributed by atoms with E-state index in [-0.39, 0.29) is 6.61 Å². The Labute approximate surface area is 127 Å². The van der Waals surface area contributed by atoms with Gasteiger partial charge in [0.1, 0.15) is 19.0 Å². The maximum atomic E-state index is 12.4. The first-order chi connectivity index (χ1) is 10.7. The number of esters is 1. The van der Waals surface area contributed by atoms with Gasteiger partial charge in [-0.05, 0) is 24.6 Å². The van der Waals surface area contributed by atoms with Gasteiger partial charge >= 0.3 is 5.97 Å². The highest BCUT2D eigenvalue weighted by Gasteiger charge is 2.34. The number of hydrogen-bond acceptors (Lipinski definition) is 6. The average molecular weight is 297 g/mol. The topological polar surface area (TPSA) is 81.9 Å². The summed E-state index contributed by atoms with van der Waals surface area (Å²) in [5, 5.41) is 7.30. The molecule has 2 aromatic rings. The summed E-state index contributed by atoms with van der Waals surface area (Å²) in [6.45, 7) is 5.53. The molecule has 0 spiro atoms. The van der Waals surface area contributed by atoms with Gasteiger partial charge in [0, 0.05) is 18.1 Å². The highest BCUT2D eigenvalue weighted by molar-refractivity contribution is 5.92. The van der Waals surface area contributed by atoms with E-state index in [2.05, 4.69) is 27.0 Å². The summed E-state index contributed by atoms with van der Waals surface area (Å²) < 4.78 is 6.87. The van der Waals surface area contributed by atoms with Gasteiger partial charge in [-0.15, -0.1) is 0 Å². The second kappa shape index (κ2) is 5.80. The molecule has 0 bridgehead atoms. The molecular formula is C15H15N5O2. The van der Waals surface area contributed by atoms with Gasteiger partial charge in [-0.3, -0.25) is 4.98 Å². The molecule has 0 saturated heterocycles. The van der Waals surface area contributed by atoms with Crippen molar-refractivity contribution in [1.82, 2.24) is 19.7 Å². The minimum atomic E-state index is -0.409. The molecule has 1 aliphatic heterocycles. The number of carbonyl (C=O) groups is 1. The number of hydrogen-bond donors (Lipinski definition) is 1. The lowest BCUT2D eigenvalue weighted by Gasteiger charge is -2.27. The predicted octanol–water partition coefficient (Wildman–Crippen LogP) is 1.69. The second-order valence-electron chi connectivity index (χ2n) is 4.76. The van der Waals surface area contributed by atoms with Crippen LogP contribution in [0.4, 0.5) is 5.95 Å². The van der Waals surface area contributed by atoms with Crippen molar-refractivity contribution in [1.29, 1.82) is 0 Å².